The lowest BCUT2D eigenvalue weighted by atomic mass is 9.99. The average molecular weight is 471 g/mol. The van der Waals surface area contributed by atoms with E-state index in [4.69, 9.17) is 0 Å². The van der Waals surface area contributed by atoms with E-state index in [9.17, 15) is 23.6 Å². The number of carbonyl (C=O) groups is 1. The van der Waals surface area contributed by atoms with Gasteiger partial charge in [0, 0.05) is 12.1 Å². The van der Waals surface area contributed by atoms with Crippen molar-refractivity contribution in [2.45, 2.75) is 29.7 Å². The van der Waals surface area contributed by atoms with E-state index in [1.54, 1.807) is 66.1 Å². The number of nitrogens with zero attached hydrogens (tertiary/aromatic N) is 2. The lowest BCUT2D eigenvalue weighted by Crippen LogP contribution is -2.12. The lowest BCUT2D eigenvalue weighted by Gasteiger charge is -2.11. The molecule has 0 atom stereocenters. The van der Waals surface area contributed by atoms with Crippen molar-refractivity contribution in [3.05, 3.63) is 107 Å². The fourth-order valence-electron chi connectivity index (χ4n) is 4.18. The van der Waals surface area contributed by atoms with Crippen LogP contribution in [0.5, 0.6) is 0 Å². The van der Waals surface area contributed by atoms with Crippen LogP contribution in [0.2, 0.25) is 0 Å². The first kappa shape index (κ1) is 23.0. The van der Waals surface area contributed by atoms with Gasteiger partial charge in [-0.05, 0) is 41.8 Å². The summed E-state index contributed by atoms with van der Waals surface area (Å²) in [5, 5.41) is 19.6. The summed E-state index contributed by atoms with van der Waals surface area (Å²) in [7, 11) is -3.78. The third-order valence-corrected chi connectivity index (χ3v) is 7.66. The van der Waals surface area contributed by atoms with Gasteiger partial charge in [0.15, 0.2) is 0 Å². The fraction of sp³-hybridized carbons (Fsp3) is 0.111. The highest BCUT2D eigenvalue weighted by molar-refractivity contribution is 7.91. The van der Waals surface area contributed by atoms with Crippen molar-refractivity contribution in [1.29, 1.82) is 5.26 Å². The number of carboxylic acids is 1. The minimum atomic E-state index is -3.78. The van der Waals surface area contributed by atoms with E-state index in [0.717, 1.165) is 5.56 Å². The Hall–Kier alpha value is -4.15. The third-order valence-electron chi connectivity index (χ3n) is 5.79. The normalized spacial score (nSPS) is 11.2. The maximum Gasteiger partial charge on any atom is 0.323 e. The predicted molar refractivity (Wildman–Crippen MR) is 128 cm³/mol. The van der Waals surface area contributed by atoms with Gasteiger partial charge in [-0.2, -0.15) is 5.26 Å². The highest BCUT2D eigenvalue weighted by Gasteiger charge is 2.26. The second-order valence-corrected chi connectivity index (χ2v) is 9.76. The first-order valence-corrected chi connectivity index (χ1v) is 12.1. The highest BCUT2D eigenvalue weighted by atomic mass is 32.2. The largest absolute Gasteiger partial charge is 0.480 e. The summed E-state index contributed by atoms with van der Waals surface area (Å²) in [5.41, 5.74) is 3.35. The Morgan fingerprint density at radius 3 is 2.15 bits per heavy atom. The molecule has 4 rings (SSSR count). The van der Waals surface area contributed by atoms with Crippen LogP contribution in [0.25, 0.3) is 11.3 Å². The zero-order valence-corrected chi connectivity index (χ0v) is 19.3. The van der Waals surface area contributed by atoms with Crippen LogP contribution in [0, 0.1) is 18.3 Å². The number of hydrogen-bond donors (Lipinski definition) is 1. The van der Waals surface area contributed by atoms with E-state index in [1.165, 1.54) is 0 Å². The minimum Gasteiger partial charge on any atom is -0.480 e. The van der Waals surface area contributed by atoms with Gasteiger partial charge in [0.25, 0.3) is 0 Å². The first-order valence-electron chi connectivity index (χ1n) is 10.6. The molecule has 0 aliphatic rings. The van der Waals surface area contributed by atoms with Crippen molar-refractivity contribution in [3.8, 4) is 17.3 Å². The molecule has 1 aromatic heterocycles. The van der Waals surface area contributed by atoms with Gasteiger partial charge in [-0.3, -0.25) is 4.79 Å². The van der Waals surface area contributed by atoms with E-state index in [1.807, 2.05) is 30.3 Å². The maximum atomic E-state index is 13.4. The Labute approximate surface area is 198 Å². The molecule has 170 valence electrons. The van der Waals surface area contributed by atoms with Crippen LogP contribution in [-0.2, 0) is 27.6 Å². The molecule has 0 fully saturated rings. The molecule has 0 unspecified atom stereocenters. The van der Waals surface area contributed by atoms with Crippen LogP contribution in [0.3, 0.4) is 0 Å². The molecule has 0 aliphatic heterocycles. The predicted octanol–water partition coefficient (Wildman–Crippen LogP) is 4.84. The maximum absolute atomic E-state index is 13.4. The summed E-state index contributed by atoms with van der Waals surface area (Å²) in [6.07, 6.45) is 0.170. The number of hydrogen-bond acceptors (Lipinski definition) is 4. The van der Waals surface area contributed by atoms with Gasteiger partial charge in [0.05, 0.1) is 21.0 Å². The number of rotatable bonds is 7. The Morgan fingerprint density at radius 1 is 0.941 bits per heavy atom. The van der Waals surface area contributed by atoms with Gasteiger partial charge in [-0.15, -0.1) is 0 Å². The van der Waals surface area contributed by atoms with Crippen molar-refractivity contribution in [3.63, 3.8) is 0 Å². The molecular formula is C27H22N2O4S. The molecule has 0 bridgehead atoms. The summed E-state index contributed by atoms with van der Waals surface area (Å²) >= 11 is 0. The van der Waals surface area contributed by atoms with Gasteiger partial charge < -0.3 is 9.67 Å². The Bertz CT molecular complexity index is 1500. The molecule has 0 spiro atoms. The molecule has 1 N–H and O–H groups in total. The number of benzene rings is 3. The number of nitriles is 1. The van der Waals surface area contributed by atoms with E-state index in [-0.39, 0.29) is 22.8 Å². The van der Waals surface area contributed by atoms with Crippen molar-refractivity contribution >= 4 is 15.8 Å². The number of aromatic nitrogens is 1. The number of sulfone groups is 1. The molecule has 0 amide bonds. The van der Waals surface area contributed by atoms with Gasteiger partial charge in [-0.1, -0.05) is 66.7 Å². The second-order valence-electron chi connectivity index (χ2n) is 7.85. The summed E-state index contributed by atoms with van der Waals surface area (Å²) < 4.78 is 28.4. The molecule has 0 aliphatic carbocycles. The van der Waals surface area contributed by atoms with E-state index in [2.05, 4.69) is 6.07 Å². The standard InChI is InChI=1S/C27H22N2O4S/c1-19-23(24(17-28)27(29(19)18-26(30)31)20-10-4-2-5-11-20)16-21-12-8-9-15-25(21)34(32,33)22-13-6-3-7-14-22/h2-15H,16,18H2,1H3,(H,30,31). The first-order chi connectivity index (χ1) is 16.3. The molecule has 0 saturated carbocycles. The van der Waals surface area contributed by atoms with Crippen molar-refractivity contribution in [2.75, 3.05) is 0 Å². The highest BCUT2D eigenvalue weighted by Crippen LogP contribution is 2.34. The Kier molecular flexibility index (Phi) is 6.35. The zero-order chi connectivity index (χ0) is 24.3. The number of aliphatic carboxylic acids is 1. The Morgan fingerprint density at radius 2 is 1.53 bits per heavy atom. The smallest absolute Gasteiger partial charge is 0.323 e. The number of carboxylic acid groups (broad SMARTS) is 1. The monoisotopic (exact) mass is 470 g/mol. The minimum absolute atomic E-state index is 0.164. The van der Waals surface area contributed by atoms with Crippen LogP contribution in [0.1, 0.15) is 22.4 Å². The van der Waals surface area contributed by atoms with E-state index < -0.39 is 15.8 Å². The average Bonchev–Trinajstić information content (AvgIpc) is 3.10. The third kappa shape index (κ3) is 4.24. The molecule has 0 saturated heterocycles. The lowest BCUT2D eigenvalue weighted by molar-refractivity contribution is -0.137. The van der Waals surface area contributed by atoms with Crippen molar-refractivity contribution in [2.24, 2.45) is 0 Å². The van der Waals surface area contributed by atoms with Crippen molar-refractivity contribution in [1.82, 2.24) is 4.57 Å². The van der Waals surface area contributed by atoms with Gasteiger partial charge in [-0.25, -0.2) is 8.42 Å². The molecule has 3 aromatic carbocycles. The zero-order valence-electron chi connectivity index (χ0n) is 18.5. The molecule has 0 radical (unpaired) electrons. The fourth-order valence-corrected chi connectivity index (χ4v) is 5.70. The van der Waals surface area contributed by atoms with Crippen LogP contribution >= 0.6 is 0 Å². The molecule has 7 heteroatoms. The van der Waals surface area contributed by atoms with Gasteiger partial charge in [0.1, 0.15) is 12.6 Å². The van der Waals surface area contributed by atoms with Crippen molar-refractivity contribution < 1.29 is 18.3 Å². The summed E-state index contributed by atoms with van der Waals surface area (Å²) in [5.74, 6) is -1.03. The molecule has 4 aromatic rings. The topological polar surface area (TPSA) is 100 Å². The van der Waals surface area contributed by atoms with E-state index >= 15 is 0 Å². The Balaban J connectivity index is 1.90. The molecule has 34 heavy (non-hydrogen) atoms. The van der Waals surface area contributed by atoms with Gasteiger partial charge >= 0.3 is 5.97 Å². The second kappa shape index (κ2) is 9.38. The quantitative estimate of drug-likeness (QED) is 0.416. The molecular weight excluding hydrogens is 448 g/mol. The van der Waals surface area contributed by atoms with Crippen LogP contribution in [0.15, 0.2) is 94.7 Å². The summed E-state index contributed by atoms with van der Waals surface area (Å²) in [4.78, 5) is 12.0. The summed E-state index contributed by atoms with van der Waals surface area (Å²) in [6, 6.07) is 26.3. The van der Waals surface area contributed by atoms with Gasteiger partial charge in [0.2, 0.25) is 9.84 Å². The van der Waals surface area contributed by atoms with Crippen LogP contribution in [-0.4, -0.2) is 24.1 Å². The van der Waals surface area contributed by atoms with Crippen LogP contribution in [0.4, 0.5) is 0 Å². The summed E-state index contributed by atoms with van der Waals surface area (Å²) in [6.45, 7) is 1.45. The van der Waals surface area contributed by atoms with Crippen LogP contribution < -0.4 is 0 Å². The molecule has 1 heterocycles. The molecule has 6 nitrogen and oxygen atoms in total. The SMILES string of the molecule is Cc1c(Cc2ccccc2S(=O)(=O)c2ccccc2)c(C#N)c(-c2ccccc2)n1CC(=O)O. The van der Waals surface area contributed by atoms with E-state index in [0.29, 0.717) is 28.1 Å².